The van der Waals surface area contributed by atoms with Crippen LogP contribution in [-0.4, -0.2) is 85.1 Å². The number of benzene rings is 2. The number of methoxy groups -OCH3 is 1. The summed E-state index contributed by atoms with van der Waals surface area (Å²) in [5, 5.41) is 0.667. The number of hydrogen-bond donors (Lipinski definition) is 1. The molecule has 2 aliphatic heterocycles. The monoisotopic (exact) mass is 540 g/mol. The molecule has 9 nitrogen and oxygen atoms in total. The van der Waals surface area contributed by atoms with Gasteiger partial charge in [-0.05, 0) is 30.3 Å². The molecule has 0 bridgehead atoms. The SMILES string of the molecule is COc1ccc(Cl)cc1N1CCN(Cc2cc(=O)[nH]c(N3CCN(C(=O)c4ccccc4F)CC3)n2)CC1. The number of piperazine rings is 2. The zero-order chi connectivity index (χ0) is 26.6. The van der Waals surface area contributed by atoms with Crippen molar-refractivity contribution in [1.82, 2.24) is 19.8 Å². The average Bonchev–Trinajstić information content (AvgIpc) is 2.93. The Hall–Kier alpha value is -3.63. The molecule has 2 aromatic carbocycles. The minimum atomic E-state index is -0.522. The molecule has 0 spiro atoms. The standard InChI is InChI=1S/C27H30ClFN6O3/c1-38-24-7-6-19(28)16-23(24)33-10-8-32(9-11-33)18-20-17-25(36)31-27(30-20)35-14-12-34(13-15-35)26(37)21-4-2-3-5-22(21)29/h2-7,16-17H,8-15,18H2,1H3,(H,30,31,36). The number of hydrogen-bond acceptors (Lipinski definition) is 7. The second-order valence-corrected chi connectivity index (χ2v) is 9.84. The van der Waals surface area contributed by atoms with E-state index in [9.17, 15) is 14.0 Å². The van der Waals surface area contributed by atoms with Crippen LogP contribution in [0.5, 0.6) is 5.75 Å². The van der Waals surface area contributed by atoms with Crippen molar-refractivity contribution in [1.29, 1.82) is 0 Å². The molecular formula is C27H30ClFN6O3. The predicted molar refractivity (Wildman–Crippen MR) is 145 cm³/mol. The molecular weight excluding hydrogens is 511 g/mol. The number of nitrogens with one attached hydrogen (secondary N) is 1. The van der Waals surface area contributed by atoms with Crippen molar-refractivity contribution in [2.75, 3.05) is 69.3 Å². The van der Waals surface area contributed by atoms with E-state index in [0.29, 0.717) is 49.4 Å². The van der Waals surface area contributed by atoms with Crippen molar-refractivity contribution < 1.29 is 13.9 Å². The van der Waals surface area contributed by atoms with E-state index < -0.39 is 5.82 Å². The highest BCUT2D eigenvalue weighted by Crippen LogP contribution is 2.32. The number of rotatable bonds is 6. The van der Waals surface area contributed by atoms with Crippen LogP contribution in [0.4, 0.5) is 16.0 Å². The maximum atomic E-state index is 14.1. The van der Waals surface area contributed by atoms with Gasteiger partial charge in [0.05, 0.1) is 24.1 Å². The molecule has 0 saturated carbocycles. The van der Waals surface area contributed by atoms with Crippen LogP contribution < -0.4 is 20.1 Å². The Morgan fingerprint density at radius 1 is 1.00 bits per heavy atom. The molecule has 1 N–H and O–H groups in total. The summed E-state index contributed by atoms with van der Waals surface area (Å²) < 4.78 is 19.6. The van der Waals surface area contributed by atoms with Crippen LogP contribution in [0.25, 0.3) is 0 Å². The van der Waals surface area contributed by atoms with Crippen LogP contribution in [0.3, 0.4) is 0 Å². The van der Waals surface area contributed by atoms with Gasteiger partial charge in [0.1, 0.15) is 11.6 Å². The van der Waals surface area contributed by atoms with Gasteiger partial charge in [-0.1, -0.05) is 23.7 Å². The fourth-order valence-electron chi connectivity index (χ4n) is 4.94. The summed E-state index contributed by atoms with van der Waals surface area (Å²) in [6, 6.07) is 13.2. The molecule has 0 aliphatic carbocycles. The summed E-state index contributed by atoms with van der Waals surface area (Å²) in [5.74, 6) is 0.436. The number of H-pyrrole nitrogens is 1. The van der Waals surface area contributed by atoms with Crippen molar-refractivity contribution >= 4 is 29.1 Å². The molecule has 2 saturated heterocycles. The van der Waals surface area contributed by atoms with Crippen LogP contribution in [0.15, 0.2) is 53.3 Å². The van der Waals surface area contributed by atoms with E-state index in [1.165, 1.54) is 18.2 Å². The summed E-state index contributed by atoms with van der Waals surface area (Å²) in [4.78, 5) is 40.8. The summed E-state index contributed by atoms with van der Waals surface area (Å²) >= 11 is 6.21. The second-order valence-electron chi connectivity index (χ2n) is 9.40. The normalized spacial score (nSPS) is 16.6. The van der Waals surface area contributed by atoms with Gasteiger partial charge in [-0.15, -0.1) is 0 Å². The minimum absolute atomic E-state index is 0.0726. The Kier molecular flexibility index (Phi) is 7.80. The van der Waals surface area contributed by atoms with Crippen molar-refractivity contribution in [2.45, 2.75) is 6.54 Å². The van der Waals surface area contributed by atoms with Crippen molar-refractivity contribution in [3.8, 4) is 5.75 Å². The van der Waals surface area contributed by atoms with Crippen molar-refractivity contribution in [2.24, 2.45) is 0 Å². The van der Waals surface area contributed by atoms with Crippen LogP contribution in [-0.2, 0) is 6.54 Å². The number of carbonyl (C=O) groups is 1. The highest BCUT2D eigenvalue weighted by Gasteiger charge is 2.26. The molecule has 0 radical (unpaired) electrons. The third-order valence-electron chi connectivity index (χ3n) is 6.99. The number of nitrogens with zero attached hydrogens (tertiary/aromatic N) is 5. The third kappa shape index (κ3) is 5.76. The van der Waals surface area contributed by atoms with Crippen molar-refractivity contribution in [3.05, 3.63) is 81.0 Å². The molecule has 0 atom stereocenters. The molecule has 3 aromatic rings. The van der Waals surface area contributed by atoms with Gasteiger partial charge in [0.2, 0.25) is 5.95 Å². The lowest BCUT2D eigenvalue weighted by atomic mass is 10.1. The Labute approximate surface area is 225 Å². The van der Waals surface area contributed by atoms with Crippen LogP contribution >= 0.6 is 11.6 Å². The van der Waals surface area contributed by atoms with E-state index >= 15 is 0 Å². The number of amides is 1. The topological polar surface area (TPSA) is 85.0 Å². The van der Waals surface area contributed by atoms with Gasteiger partial charge in [-0.3, -0.25) is 19.5 Å². The van der Waals surface area contributed by atoms with E-state index in [0.717, 1.165) is 37.6 Å². The van der Waals surface area contributed by atoms with Gasteiger partial charge in [0.15, 0.2) is 0 Å². The maximum Gasteiger partial charge on any atom is 0.256 e. The maximum absolute atomic E-state index is 14.1. The largest absolute Gasteiger partial charge is 0.495 e. The van der Waals surface area contributed by atoms with Crippen LogP contribution in [0.1, 0.15) is 16.1 Å². The lowest BCUT2D eigenvalue weighted by Gasteiger charge is -2.37. The predicted octanol–water partition coefficient (Wildman–Crippen LogP) is 2.86. The van der Waals surface area contributed by atoms with Crippen molar-refractivity contribution in [3.63, 3.8) is 0 Å². The molecule has 200 valence electrons. The summed E-state index contributed by atoms with van der Waals surface area (Å²) in [5.41, 5.74) is 1.53. The summed E-state index contributed by atoms with van der Waals surface area (Å²) in [7, 11) is 1.65. The lowest BCUT2D eigenvalue weighted by Crippen LogP contribution is -2.50. The molecule has 3 heterocycles. The molecule has 2 aliphatic rings. The van der Waals surface area contributed by atoms with E-state index in [1.54, 1.807) is 24.1 Å². The number of aromatic amines is 1. The number of ether oxygens (including phenoxy) is 1. The van der Waals surface area contributed by atoms with Gasteiger partial charge in [0, 0.05) is 70.0 Å². The van der Waals surface area contributed by atoms with Gasteiger partial charge in [-0.25, -0.2) is 9.37 Å². The van der Waals surface area contributed by atoms with E-state index in [2.05, 4.69) is 14.8 Å². The molecule has 1 amide bonds. The lowest BCUT2D eigenvalue weighted by molar-refractivity contribution is 0.0741. The summed E-state index contributed by atoms with van der Waals surface area (Å²) in [6.07, 6.45) is 0. The van der Waals surface area contributed by atoms with Gasteiger partial charge in [-0.2, -0.15) is 0 Å². The van der Waals surface area contributed by atoms with Gasteiger partial charge >= 0.3 is 0 Å². The number of anilines is 2. The first kappa shape index (κ1) is 26.0. The fourth-order valence-corrected chi connectivity index (χ4v) is 5.10. The molecule has 11 heteroatoms. The Morgan fingerprint density at radius 3 is 2.42 bits per heavy atom. The minimum Gasteiger partial charge on any atom is -0.495 e. The Bertz CT molecular complexity index is 1350. The number of aromatic nitrogens is 2. The third-order valence-corrected chi connectivity index (χ3v) is 7.23. The highest BCUT2D eigenvalue weighted by atomic mass is 35.5. The van der Waals surface area contributed by atoms with Crippen LogP contribution in [0.2, 0.25) is 5.02 Å². The number of halogens is 2. The molecule has 2 fully saturated rings. The van der Waals surface area contributed by atoms with Gasteiger partial charge in [0.25, 0.3) is 11.5 Å². The van der Waals surface area contributed by atoms with E-state index in [1.807, 2.05) is 23.1 Å². The fraction of sp³-hybridized carbons (Fsp3) is 0.370. The van der Waals surface area contributed by atoms with E-state index in [-0.39, 0.29) is 17.0 Å². The van der Waals surface area contributed by atoms with Crippen LogP contribution in [0, 0.1) is 5.82 Å². The first-order valence-electron chi connectivity index (χ1n) is 12.6. The first-order chi connectivity index (χ1) is 18.4. The zero-order valence-electron chi connectivity index (χ0n) is 21.2. The second kappa shape index (κ2) is 11.4. The number of carbonyl (C=O) groups excluding carboxylic acids is 1. The summed E-state index contributed by atoms with van der Waals surface area (Å²) in [6.45, 7) is 5.57. The van der Waals surface area contributed by atoms with Gasteiger partial charge < -0.3 is 19.4 Å². The zero-order valence-corrected chi connectivity index (χ0v) is 22.0. The molecule has 0 unspecified atom stereocenters. The first-order valence-corrected chi connectivity index (χ1v) is 13.0. The Morgan fingerprint density at radius 2 is 1.71 bits per heavy atom. The molecule has 38 heavy (non-hydrogen) atoms. The average molecular weight is 541 g/mol. The highest BCUT2D eigenvalue weighted by molar-refractivity contribution is 6.30. The molecule has 5 rings (SSSR count). The Balaban J connectivity index is 1.19. The quantitative estimate of drug-likeness (QED) is 0.514. The van der Waals surface area contributed by atoms with E-state index in [4.69, 9.17) is 21.3 Å². The smallest absolute Gasteiger partial charge is 0.256 e. The molecule has 1 aromatic heterocycles.